The molecule has 0 aliphatic carbocycles. The quantitative estimate of drug-likeness (QED) is 0.658. The molecule has 7 nitrogen and oxygen atoms in total. The summed E-state index contributed by atoms with van der Waals surface area (Å²) in [6.07, 6.45) is 1.83. The second-order valence-electron chi connectivity index (χ2n) is 7.88. The molecule has 0 saturated carbocycles. The lowest BCUT2D eigenvalue weighted by Crippen LogP contribution is -2.28. The van der Waals surface area contributed by atoms with Crippen molar-refractivity contribution in [2.45, 2.75) is 51.5 Å². The van der Waals surface area contributed by atoms with Crippen LogP contribution in [0.15, 0.2) is 39.8 Å². The molecule has 0 atom stereocenters. The molecule has 0 radical (unpaired) electrons. The molecular formula is C20H25FN4O3S. The summed E-state index contributed by atoms with van der Waals surface area (Å²) in [5.41, 5.74) is 2.00. The largest absolute Gasteiger partial charge is 0.444 e. The molecule has 3 rings (SSSR count). The summed E-state index contributed by atoms with van der Waals surface area (Å²) in [4.78, 5) is 4.54. The van der Waals surface area contributed by atoms with Crippen LogP contribution in [-0.4, -0.2) is 29.7 Å². The Morgan fingerprint density at radius 1 is 1.17 bits per heavy atom. The van der Waals surface area contributed by atoms with E-state index in [1.165, 1.54) is 18.4 Å². The van der Waals surface area contributed by atoms with Gasteiger partial charge in [0.1, 0.15) is 17.0 Å². The molecule has 0 fully saturated rings. The molecule has 29 heavy (non-hydrogen) atoms. The third kappa shape index (κ3) is 4.56. The van der Waals surface area contributed by atoms with Gasteiger partial charge in [0, 0.05) is 18.5 Å². The normalized spacial score (nSPS) is 12.5. The Hall–Kier alpha value is -2.52. The molecule has 1 aromatic carbocycles. The number of aryl methyl sites for hydroxylation is 1. The SMILES string of the molecule is Cc1nn(C(C)(C)C)c(C)c1S(=O)(=O)NCCc1coc(-c2ccc(F)cc2)n1. The molecule has 0 spiro atoms. The molecule has 3 aromatic rings. The molecule has 0 bridgehead atoms. The lowest BCUT2D eigenvalue weighted by atomic mass is 10.1. The highest BCUT2D eigenvalue weighted by Crippen LogP contribution is 2.25. The minimum absolute atomic E-state index is 0.164. The van der Waals surface area contributed by atoms with E-state index >= 15 is 0 Å². The number of benzene rings is 1. The Balaban J connectivity index is 1.69. The van der Waals surface area contributed by atoms with E-state index in [4.69, 9.17) is 4.42 Å². The van der Waals surface area contributed by atoms with Crippen LogP contribution in [0.25, 0.3) is 11.5 Å². The second-order valence-corrected chi connectivity index (χ2v) is 9.59. The van der Waals surface area contributed by atoms with Gasteiger partial charge in [-0.25, -0.2) is 22.5 Å². The smallest absolute Gasteiger partial charge is 0.244 e. The minimum Gasteiger partial charge on any atom is -0.444 e. The lowest BCUT2D eigenvalue weighted by Gasteiger charge is -2.21. The summed E-state index contributed by atoms with van der Waals surface area (Å²) >= 11 is 0. The van der Waals surface area contributed by atoms with Gasteiger partial charge in [0.05, 0.1) is 22.6 Å². The maximum atomic E-state index is 13.0. The van der Waals surface area contributed by atoms with Gasteiger partial charge in [0.25, 0.3) is 0 Å². The van der Waals surface area contributed by atoms with E-state index < -0.39 is 10.0 Å². The molecule has 2 aromatic heterocycles. The van der Waals surface area contributed by atoms with Crippen molar-refractivity contribution in [1.29, 1.82) is 0 Å². The summed E-state index contributed by atoms with van der Waals surface area (Å²) in [5, 5.41) is 4.40. The van der Waals surface area contributed by atoms with Crippen LogP contribution < -0.4 is 4.72 Å². The Morgan fingerprint density at radius 2 is 1.83 bits per heavy atom. The van der Waals surface area contributed by atoms with Crippen LogP contribution in [0.1, 0.15) is 37.9 Å². The zero-order valence-electron chi connectivity index (χ0n) is 17.2. The van der Waals surface area contributed by atoms with Crippen molar-refractivity contribution in [3.05, 3.63) is 53.4 Å². The van der Waals surface area contributed by atoms with E-state index in [2.05, 4.69) is 14.8 Å². The van der Waals surface area contributed by atoms with Gasteiger partial charge in [-0.15, -0.1) is 0 Å². The van der Waals surface area contributed by atoms with Crippen LogP contribution in [-0.2, 0) is 22.0 Å². The first-order valence-corrected chi connectivity index (χ1v) is 10.7. The first-order chi connectivity index (χ1) is 13.5. The molecule has 1 N–H and O–H groups in total. The number of nitrogens with zero attached hydrogens (tertiary/aromatic N) is 3. The van der Waals surface area contributed by atoms with E-state index in [9.17, 15) is 12.8 Å². The number of sulfonamides is 1. The van der Waals surface area contributed by atoms with Gasteiger partial charge >= 0.3 is 0 Å². The Morgan fingerprint density at radius 3 is 2.41 bits per heavy atom. The van der Waals surface area contributed by atoms with Crippen molar-refractivity contribution in [2.75, 3.05) is 6.54 Å². The van der Waals surface area contributed by atoms with Crippen LogP contribution in [0.5, 0.6) is 0 Å². The van der Waals surface area contributed by atoms with E-state index in [1.54, 1.807) is 30.7 Å². The third-order valence-electron chi connectivity index (χ3n) is 4.45. The molecule has 0 unspecified atom stereocenters. The first-order valence-electron chi connectivity index (χ1n) is 9.26. The van der Waals surface area contributed by atoms with Gasteiger partial charge in [-0.3, -0.25) is 4.68 Å². The van der Waals surface area contributed by atoms with Crippen LogP contribution in [0.3, 0.4) is 0 Å². The van der Waals surface area contributed by atoms with Crippen molar-refractivity contribution in [1.82, 2.24) is 19.5 Å². The fourth-order valence-electron chi connectivity index (χ4n) is 3.20. The molecule has 2 heterocycles. The number of halogens is 1. The van der Waals surface area contributed by atoms with Crippen molar-refractivity contribution in [3.63, 3.8) is 0 Å². The standard InChI is InChI=1S/C20H25FN4O3S/c1-13-18(14(2)25(24-13)20(3,4)5)29(26,27)22-11-10-17-12-28-19(23-17)15-6-8-16(21)9-7-15/h6-9,12,22H,10-11H2,1-5H3. The van der Waals surface area contributed by atoms with Crippen LogP contribution in [0, 0.1) is 19.7 Å². The highest BCUT2D eigenvalue weighted by molar-refractivity contribution is 7.89. The summed E-state index contributed by atoms with van der Waals surface area (Å²) in [6.45, 7) is 9.53. The average Bonchev–Trinajstić information content (AvgIpc) is 3.19. The van der Waals surface area contributed by atoms with E-state index in [1.807, 2.05) is 20.8 Å². The van der Waals surface area contributed by atoms with E-state index in [0.29, 0.717) is 35.0 Å². The van der Waals surface area contributed by atoms with Crippen molar-refractivity contribution in [3.8, 4) is 11.5 Å². The number of oxazole rings is 1. The molecule has 0 amide bonds. The van der Waals surface area contributed by atoms with Gasteiger partial charge in [0.15, 0.2) is 0 Å². The highest BCUT2D eigenvalue weighted by Gasteiger charge is 2.28. The predicted molar refractivity (Wildman–Crippen MR) is 107 cm³/mol. The first kappa shape index (κ1) is 21.2. The maximum Gasteiger partial charge on any atom is 0.244 e. The van der Waals surface area contributed by atoms with Crippen LogP contribution in [0.4, 0.5) is 4.39 Å². The van der Waals surface area contributed by atoms with Gasteiger partial charge < -0.3 is 4.42 Å². The van der Waals surface area contributed by atoms with E-state index in [-0.39, 0.29) is 22.8 Å². The molecule has 156 valence electrons. The summed E-state index contributed by atoms with van der Waals surface area (Å²) < 4.78 is 48.4. The average molecular weight is 421 g/mol. The van der Waals surface area contributed by atoms with Crippen molar-refractivity contribution < 1.29 is 17.2 Å². The monoisotopic (exact) mass is 420 g/mol. The Kier molecular flexibility index (Phi) is 5.64. The van der Waals surface area contributed by atoms with E-state index in [0.717, 1.165) is 0 Å². The van der Waals surface area contributed by atoms with Gasteiger partial charge in [-0.1, -0.05) is 0 Å². The zero-order valence-corrected chi connectivity index (χ0v) is 18.0. The predicted octanol–water partition coefficient (Wildman–Crippen LogP) is 3.57. The molecule has 9 heteroatoms. The highest BCUT2D eigenvalue weighted by atomic mass is 32.2. The summed E-state index contributed by atoms with van der Waals surface area (Å²) in [6, 6.07) is 5.81. The lowest BCUT2D eigenvalue weighted by molar-refractivity contribution is 0.345. The van der Waals surface area contributed by atoms with Crippen LogP contribution in [0.2, 0.25) is 0 Å². The Bertz CT molecular complexity index is 1110. The van der Waals surface area contributed by atoms with Crippen LogP contribution >= 0.6 is 0 Å². The molecular weight excluding hydrogens is 395 g/mol. The number of aromatic nitrogens is 3. The maximum absolute atomic E-state index is 13.0. The van der Waals surface area contributed by atoms with Gasteiger partial charge in [-0.05, 0) is 58.9 Å². The Labute approximate surface area is 170 Å². The minimum atomic E-state index is -3.71. The van der Waals surface area contributed by atoms with Gasteiger partial charge in [0.2, 0.25) is 15.9 Å². The van der Waals surface area contributed by atoms with Crippen molar-refractivity contribution >= 4 is 10.0 Å². The second kappa shape index (κ2) is 7.72. The number of hydrogen-bond donors (Lipinski definition) is 1. The number of rotatable bonds is 6. The molecule has 0 aliphatic rings. The van der Waals surface area contributed by atoms with Crippen molar-refractivity contribution in [2.24, 2.45) is 0 Å². The number of nitrogens with one attached hydrogen (secondary N) is 1. The third-order valence-corrected chi connectivity index (χ3v) is 6.16. The zero-order chi connectivity index (χ0) is 21.4. The molecule has 0 aliphatic heterocycles. The summed E-state index contributed by atoms with van der Waals surface area (Å²) in [7, 11) is -3.71. The fraction of sp³-hybridized carbons (Fsp3) is 0.400. The fourth-order valence-corrected chi connectivity index (χ4v) is 4.62. The molecule has 0 saturated heterocycles. The topological polar surface area (TPSA) is 90.0 Å². The summed E-state index contributed by atoms with van der Waals surface area (Å²) in [5.74, 6) is 0.0244. The van der Waals surface area contributed by atoms with Gasteiger partial charge in [-0.2, -0.15) is 5.10 Å². The number of hydrogen-bond acceptors (Lipinski definition) is 5.